The number of methoxy groups -OCH3 is 1. The number of aryl methyl sites for hydroxylation is 1. The van der Waals surface area contributed by atoms with E-state index in [1.807, 2.05) is 65.2 Å². The summed E-state index contributed by atoms with van der Waals surface area (Å²) in [6, 6.07) is 13.3. The lowest BCUT2D eigenvalue weighted by Gasteiger charge is -2.36. The third kappa shape index (κ3) is 10.5. The Kier molecular flexibility index (Phi) is 14.8. The number of benzene rings is 2. The third-order valence-electron chi connectivity index (χ3n) is 10.5. The number of ether oxygens (including phenoxy) is 1. The number of hydrogen-bond donors (Lipinski definition) is 3. The van der Waals surface area contributed by atoms with E-state index in [2.05, 4.69) is 56.8 Å². The summed E-state index contributed by atoms with van der Waals surface area (Å²) in [6.45, 7) is 13.8. The van der Waals surface area contributed by atoms with Gasteiger partial charge in [-0.1, -0.05) is 31.2 Å². The number of nitrogens with one attached hydrogen (secondary N) is 3. The fraction of sp³-hybridized carbons (Fsp3) is 0.525. The number of hydrogen-bond acceptors (Lipinski definition) is 10. The average Bonchev–Trinajstić information content (AvgIpc) is 3.86. The molecule has 2 saturated heterocycles. The summed E-state index contributed by atoms with van der Waals surface area (Å²) in [5.41, 5.74) is 6.44. The normalized spacial score (nSPS) is 17.1. The van der Waals surface area contributed by atoms with Gasteiger partial charge >= 0.3 is 0 Å². The van der Waals surface area contributed by atoms with Crippen molar-refractivity contribution in [1.82, 2.24) is 30.3 Å². The monoisotopic (exact) mass is 776 g/mol. The van der Waals surface area contributed by atoms with Crippen molar-refractivity contribution in [2.75, 3.05) is 71.2 Å². The number of aliphatic imine (C=N–C) groups is 1. The number of piperazine rings is 1. The van der Waals surface area contributed by atoms with Gasteiger partial charge in [-0.05, 0) is 81.7 Å². The second kappa shape index (κ2) is 19.4. The molecule has 3 amide bonds. The number of amides is 3. The maximum absolute atomic E-state index is 13.8. The molecule has 3 N–H and O–H groups in total. The van der Waals surface area contributed by atoms with Gasteiger partial charge in [0.05, 0.1) is 41.9 Å². The van der Waals surface area contributed by atoms with Crippen LogP contribution in [-0.2, 0) is 16.1 Å². The summed E-state index contributed by atoms with van der Waals surface area (Å²) in [5, 5.41) is 9.34. The Hall–Kier alpha value is -4.14. The first-order valence-electron chi connectivity index (χ1n) is 18.8. The minimum Gasteiger partial charge on any atom is -0.495 e. The Bertz CT molecular complexity index is 1740. The third-order valence-corrected chi connectivity index (χ3v) is 13.1. The molecule has 2 aliphatic heterocycles. The molecule has 2 aliphatic rings. The van der Waals surface area contributed by atoms with Crippen LogP contribution in [0.15, 0.2) is 53.0 Å². The molecule has 1 aromatic heterocycles. The Morgan fingerprint density at radius 3 is 2.56 bits per heavy atom. The molecule has 0 unspecified atom stereocenters. The van der Waals surface area contributed by atoms with E-state index in [-0.39, 0.29) is 28.4 Å². The van der Waals surface area contributed by atoms with Gasteiger partial charge in [0, 0.05) is 62.5 Å². The molecule has 2 aromatic carbocycles. The number of nitrogens with zero attached hydrogens (tertiary/aromatic N) is 5. The summed E-state index contributed by atoms with van der Waals surface area (Å²) in [6.07, 6.45) is 4.12. The Balaban J connectivity index is 1.02. The van der Waals surface area contributed by atoms with Crippen molar-refractivity contribution in [2.45, 2.75) is 64.3 Å². The van der Waals surface area contributed by atoms with E-state index in [4.69, 9.17) is 4.74 Å². The van der Waals surface area contributed by atoms with E-state index in [1.165, 1.54) is 0 Å². The second-order valence-corrected chi connectivity index (χ2v) is 17.0. The van der Waals surface area contributed by atoms with Crippen LogP contribution in [0.2, 0.25) is 0 Å². The molecule has 0 saturated carbocycles. The van der Waals surface area contributed by atoms with Crippen LogP contribution in [0.4, 0.5) is 5.69 Å². The number of thioether (sulfide) groups is 1. The molecule has 5 rings (SSSR count). The Morgan fingerprint density at radius 1 is 1.11 bits per heavy atom. The highest BCUT2D eigenvalue weighted by Crippen LogP contribution is 2.36. The number of rotatable bonds is 17. The van der Waals surface area contributed by atoms with E-state index >= 15 is 0 Å². The summed E-state index contributed by atoms with van der Waals surface area (Å²) in [5.74, 6) is 1.29. The van der Waals surface area contributed by atoms with Gasteiger partial charge in [-0.15, -0.1) is 11.3 Å². The summed E-state index contributed by atoms with van der Waals surface area (Å²) in [4.78, 5) is 56.0. The number of carbonyl (C=O) groups is 3. The topological polar surface area (TPSA) is 132 Å². The minimum atomic E-state index is -0.433. The van der Waals surface area contributed by atoms with Gasteiger partial charge < -0.3 is 30.5 Å². The fourth-order valence-corrected chi connectivity index (χ4v) is 8.83. The Labute approximate surface area is 328 Å². The van der Waals surface area contributed by atoms with Crippen LogP contribution in [0.5, 0.6) is 5.75 Å². The van der Waals surface area contributed by atoms with Crippen molar-refractivity contribution < 1.29 is 19.1 Å². The van der Waals surface area contributed by atoms with Crippen molar-refractivity contribution in [1.29, 1.82) is 0 Å². The van der Waals surface area contributed by atoms with Crippen LogP contribution < -0.4 is 20.7 Å². The lowest BCUT2D eigenvalue weighted by atomic mass is 9.95. The quantitative estimate of drug-likeness (QED) is 0.0720. The van der Waals surface area contributed by atoms with Crippen LogP contribution in [0.1, 0.15) is 61.6 Å². The summed E-state index contributed by atoms with van der Waals surface area (Å²) < 4.78 is 5.26. The zero-order valence-electron chi connectivity index (χ0n) is 32.5. The van der Waals surface area contributed by atoms with Crippen molar-refractivity contribution in [3.05, 3.63) is 64.8 Å². The number of carbonyl (C=O) groups excluding carboxylic acids is 3. The molecule has 0 radical (unpaired) electrons. The number of thiazole rings is 1. The molecule has 2 atom stereocenters. The smallest absolute Gasteiger partial charge is 0.254 e. The number of aromatic nitrogens is 1. The molecule has 12 nitrogen and oxygen atoms in total. The predicted octanol–water partition coefficient (Wildman–Crippen LogP) is 5.35. The zero-order valence-corrected chi connectivity index (χ0v) is 34.2. The Morgan fingerprint density at radius 2 is 1.87 bits per heavy atom. The van der Waals surface area contributed by atoms with Crippen molar-refractivity contribution >= 4 is 52.8 Å². The lowest BCUT2D eigenvalue weighted by Crippen LogP contribution is -2.50. The number of anilines is 1. The number of likely N-dealkylation sites (tertiary alicyclic amines) is 1. The summed E-state index contributed by atoms with van der Waals surface area (Å²) >= 11 is 3.45. The van der Waals surface area contributed by atoms with Gasteiger partial charge in [0.1, 0.15) is 11.8 Å². The van der Waals surface area contributed by atoms with Gasteiger partial charge in [-0.25, -0.2) is 4.98 Å². The molecule has 14 heteroatoms. The van der Waals surface area contributed by atoms with Crippen LogP contribution in [0.25, 0.3) is 10.4 Å². The van der Waals surface area contributed by atoms with Gasteiger partial charge in [-0.3, -0.25) is 24.3 Å². The highest BCUT2D eigenvalue weighted by molar-refractivity contribution is 8.00. The van der Waals surface area contributed by atoms with Crippen molar-refractivity contribution in [2.24, 2.45) is 10.9 Å². The van der Waals surface area contributed by atoms with Crippen molar-refractivity contribution in [3.8, 4) is 16.2 Å². The molecule has 3 aromatic rings. The van der Waals surface area contributed by atoms with Crippen LogP contribution in [0, 0.1) is 12.8 Å². The average molecular weight is 777 g/mol. The first-order valence-corrected chi connectivity index (χ1v) is 20.7. The van der Waals surface area contributed by atoms with Crippen LogP contribution in [-0.4, -0.2) is 120 Å². The van der Waals surface area contributed by atoms with E-state index in [9.17, 15) is 14.4 Å². The molecule has 54 heavy (non-hydrogen) atoms. The standard InChI is InChI=1S/C40H56N8O4S2/c1-28(38(50)48-17-7-9-34(48)37(49)43-24-30-10-12-31(13-11-30)36-29(2)45-27-53-36)40(3,4)54-22-8-16-46-18-20-47(21-19-46)39(51)32-14-15-33(35(23-32)52-6)44-26-42-25-41-5/h10-15,23,25,27-28,34,44H,7-9,16-22,24,26H2,1-6H3,(H,41,42)(H,43,49)/t28-,34+/m1/s1. The molecular formula is C40H56N8O4S2. The summed E-state index contributed by atoms with van der Waals surface area (Å²) in [7, 11) is 3.30. The fourth-order valence-electron chi connectivity index (χ4n) is 6.87. The minimum absolute atomic E-state index is 0.0114. The first-order chi connectivity index (χ1) is 26.0. The molecule has 2 fully saturated rings. The molecule has 0 aliphatic carbocycles. The van der Waals surface area contributed by atoms with Crippen molar-refractivity contribution in [3.63, 3.8) is 0 Å². The van der Waals surface area contributed by atoms with Gasteiger partial charge in [0.2, 0.25) is 11.8 Å². The molecule has 0 spiro atoms. The molecule has 3 heterocycles. The lowest BCUT2D eigenvalue weighted by molar-refractivity contribution is -0.141. The van der Waals surface area contributed by atoms with Gasteiger partial charge in [0.25, 0.3) is 5.91 Å². The SMILES string of the molecule is CN=CNCNc1ccc(C(=O)N2CCN(CCCSC(C)(C)[C@H](C)C(=O)N3CCC[C@H]3C(=O)NCc3ccc(-c4scnc4C)cc3)CC2)cc1OC. The van der Waals surface area contributed by atoms with E-state index in [1.54, 1.807) is 37.9 Å². The first kappa shape index (κ1) is 41.0. The van der Waals surface area contributed by atoms with E-state index in [0.29, 0.717) is 50.6 Å². The highest BCUT2D eigenvalue weighted by atomic mass is 32.2. The van der Waals surface area contributed by atoms with Gasteiger partial charge in [-0.2, -0.15) is 11.8 Å². The van der Waals surface area contributed by atoms with E-state index < -0.39 is 6.04 Å². The second-order valence-electron chi connectivity index (χ2n) is 14.4. The van der Waals surface area contributed by atoms with E-state index in [0.717, 1.165) is 65.6 Å². The maximum atomic E-state index is 13.8. The zero-order chi connectivity index (χ0) is 38.7. The van der Waals surface area contributed by atoms with Crippen LogP contribution in [0.3, 0.4) is 0 Å². The predicted molar refractivity (Wildman–Crippen MR) is 221 cm³/mol. The maximum Gasteiger partial charge on any atom is 0.254 e. The molecular weight excluding hydrogens is 721 g/mol. The largest absolute Gasteiger partial charge is 0.495 e. The van der Waals surface area contributed by atoms with Gasteiger partial charge in [0.15, 0.2) is 0 Å². The van der Waals surface area contributed by atoms with Crippen LogP contribution >= 0.6 is 23.1 Å². The highest BCUT2D eigenvalue weighted by Gasteiger charge is 2.40. The molecule has 292 valence electrons. The molecule has 0 bridgehead atoms.